The van der Waals surface area contributed by atoms with Crippen LogP contribution < -0.4 is 5.32 Å². The second-order valence-corrected chi connectivity index (χ2v) is 7.52. The molecule has 1 spiro atoms. The summed E-state index contributed by atoms with van der Waals surface area (Å²) >= 11 is 0. The third-order valence-corrected chi connectivity index (χ3v) is 5.72. The number of hydrogen-bond acceptors (Lipinski definition) is 3. The number of halogens is 1. The highest BCUT2D eigenvalue weighted by Gasteiger charge is 2.40. The topological polar surface area (TPSA) is 50.0 Å². The fraction of sp³-hybridized carbons (Fsp3) is 0.571. The Morgan fingerprint density at radius 1 is 1.22 bits per heavy atom. The number of ether oxygens (including phenoxy) is 1. The fourth-order valence-electron chi connectivity index (χ4n) is 4.19. The van der Waals surface area contributed by atoms with Crippen LogP contribution in [0.4, 0.5) is 0 Å². The van der Waals surface area contributed by atoms with Crippen LogP contribution in [0.1, 0.15) is 31.9 Å². The standard InChI is InChI=1S/C21H29N3O2.HI/c1-2-22-20(24-12-8-21(16-24)9-13-25-14-10-21)23-11-7-18-15-17-5-3-4-6-19(17)26-18;/h3-6,15H,2,7-14,16H2,1H3,(H,22,23);1H. The Kier molecular flexibility index (Phi) is 7.03. The molecule has 148 valence electrons. The monoisotopic (exact) mass is 483 g/mol. The summed E-state index contributed by atoms with van der Waals surface area (Å²) in [6, 6.07) is 10.3. The first-order valence-electron chi connectivity index (χ1n) is 9.86. The van der Waals surface area contributed by atoms with E-state index >= 15 is 0 Å². The lowest BCUT2D eigenvalue weighted by Gasteiger charge is -2.33. The van der Waals surface area contributed by atoms with Crippen molar-refractivity contribution in [3.05, 3.63) is 36.1 Å². The molecule has 0 bridgehead atoms. The second kappa shape index (κ2) is 9.28. The minimum atomic E-state index is 0. The molecule has 0 unspecified atom stereocenters. The van der Waals surface area contributed by atoms with Crippen molar-refractivity contribution in [2.24, 2.45) is 10.4 Å². The summed E-state index contributed by atoms with van der Waals surface area (Å²) in [5.41, 5.74) is 1.40. The van der Waals surface area contributed by atoms with Crippen LogP contribution in [0.25, 0.3) is 11.0 Å². The normalized spacial score (nSPS) is 19.4. The Balaban J connectivity index is 0.00000210. The van der Waals surface area contributed by atoms with E-state index in [4.69, 9.17) is 14.1 Å². The zero-order chi connectivity index (χ0) is 17.8. The lowest BCUT2D eigenvalue weighted by Crippen LogP contribution is -2.42. The van der Waals surface area contributed by atoms with E-state index in [0.29, 0.717) is 5.41 Å². The van der Waals surface area contributed by atoms with Gasteiger partial charge in [-0.25, -0.2) is 0 Å². The molecular formula is C21H30IN3O2. The highest BCUT2D eigenvalue weighted by molar-refractivity contribution is 14.0. The SMILES string of the molecule is CCNC(=NCCc1cc2ccccc2o1)N1CCC2(CCOCC2)C1.I. The molecule has 0 saturated carbocycles. The van der Waals surface area contributed by atoms with Gasteiger partial charge < -0.3 is 19.4 Å². The summed E-state index contributed by atoms with van der Waals surface area (Å²) in [5.74, 6) is 2.06. The summed E-state index contributed by atoms with van der Waals surface area (Å²) < 4.78 is 11.5. The van der Waals surface area contributed by atoms with Crippen LogP contribution in [0.3, 0.4) is 0 Å². The van der Waals surface area contributed by atoms with Gasteiger partial charge in [-0.3, -0.25) is 4.99 Å². The maximum atomic E-state index is 5.91. The van der Waals surface area contributed by atoms with Gasteiger partial charge in [0.25, 0.3) is 0 Å². The molecular weight excluding hydrogens is 453 g/mol. The van der Waals surface area contributed by atoms with Crippen molar-refractivity contribution in [3.8, 4) is 0 Å². The average Bonchev–Trinajstić information content (AvgIpc) is 3.26. The Bertz CT molecular complexity index is 735. The summed E-state index contributed by atoms with van der Waals surface area (Å²) in [7, 11) is 0. The van der Waals surface area contributed by atoms with Gasteiger partial charge in [-0.15, -0.1) is 24.0 Å². The number of aliphatic imine (C=N–C) groups is 1. The van der Waals surface area contributed by atoms with Crippen molar-refractivity contribution >= 4 is 40.9 Å². The van der Waals surface area contributed by atoms with Crippen molar-refractivity contribution in [2.45, 2.75) is 32.6 Å². The van der Waals surface area contributed by atoms with Gasteiger partial charge in [0.2, 0.25) is 0 Å². The van der Waals surface area contributed by atoms with Crippen LogP contribution >= 0.6 is 24.0 Å². The van der Waals surface area contributed by atoms with Crippen molar-refractivity contribution in [1.82, 2.24) is 10.2 Å². The van der Waals surface area contributed by atoms with Gasteiger partial charge in [0.1, 0.15) is 11.3 Å². The van der Waals surface area contributed by atoms with E-state index in [-0.39, 0.29) is 24.0 Å². The van der Waals surface area contributed by atoms with E-state index in [1.807, 2.05) is 18.2 Å². The van der Waals surface area contributed by atoms with Crippen molar-refractivity contribution in [3.63, 3.8) is 0 Å². The van der Waals surface area contributed by atoms with E-state index in [1.165, 1.54) is 24.6 Å². The Labute approximate surface area is 178 Å². The largest absolute Gasteiger partial charge is 0.461 e. The molecule has 0 atom stereocenters. The molecule has 0 aliphatic carbocycles. The van der Waals surface area contributed by atoms with E-state index in [2.05, 4.69) is 29.3 Å². The molecule has 1 aromatic heterocycles. The zero-order valence-electron chi connectivity index (χ0n) is 16.1. The minimum absolute atomic E-state index is 0. The van der Waals surface area contributed by atoms with Gasteiger partial charge in [0.05, 0.1) is 0 Å². The highest BCUT2D eigenvalue weighted by atomic mass is 127. The number of hydrogen-bond donors (Lipinski definition) is 1. The molecule has 27 heavy (non-hydrogen) atoms. The highest BCUT2D eigenvalue weighted by Crippen LogP contribution is 2.39. The first-order valence-corrected chi connectivity index (χ1v) is 9.86. The summed E-state index contributed by atoms with van der Waals surface area (Å²) in [6.45, 7) is 7.80. The molecule has 2 aliphatic heterocycles. The third-order valence-electron chi connectivity index (χ3n) is 5.72. The van der Waals surface area contributed by atoms with Gasteiger partial charge in [0.15, 0.2) is 5.96 Å². The number of para-hydroxylation sites is 1. The van der Waals surface area contributed by atoms with Gasteiger partial charge >= 0.3 is 0 Å². The van der Waals surface area contributed by atoms with Crippen LogP contribution in [-0.4, -0.2) is 50.3 Å². The van der Waals surface area contributed by atoms with Crippen LogP contribution in [0.15, 0.2) is 39.7 Å². The molecule has 1 N–H and O–H groups in total. The number of nitrogens with one attached hydrogen (secondary N) is 1. The molecule has 2 aliphatic rings. The lowest BCUT2D eigenvalue weighted by molar-refractivity contribution is 0.0217. The predicted octanol–water partition coefficient (Wildman–Crippen LogP) is 4.06. The quantitative estimate of drug-likeness (QED) is 0.405. The maximum absolute atomic E-state index is 5.91. The van der Waals surface area contributed by atoms with Gasteiger partial charge in [-0.1, -0.05) is 18.2 Å². The van der Waals surface area contributed by atoms with E-state index in [0.717, 1.165) is 63.1 Å². The van der Waals surface area contributed by atoms with Gasteiger partial charge in [0, 0.05) is 51.2 Å². The maximum Gasteiger partial charge on any atom is 0.193 e. The van der Waals surface area contributed by atoms with Gasteiger partial charge in [-0.2, -0.15) is 0 Å². The van der Waals surface area contributed by atoms with Crippen molar-refractivity contribution in [1.29, 1.82) is 0 Å². The second-order valence-electron chi connectivity index (χ2n) is 7.52. The van der Waals surface area contributed by atoms with E-state index < -0.39 is 0 Å². The molecule has 1 aromatic carbocycles. The number of likely N-dealkylation sites (tertiary alicyclic amines) is 1. The summed E-state index contributed by atoms with van der Waals surface area (Å²) in [5, 5.41) is 4.64. The predicted molar refractivity (Wildman–Crippen MR) is 120 cm³/mol. The van der Waals surface area contributed by atoms with Crippen LogP contribution in [0.5, 0.6) is 0 Å². The van der Waals surface area contributed by atoms with Crippen molar-refractivity contribution < 1.29 is 9.15 Å². The number of guanidine groups is 1. The van der Waals surface area contributed by atoms with Crippen LogP contribution in [-0.2, 0) is 11.2 Å². The average molecular weight is 483 g/mol. The molecule has 6 heteroatoms. The van der Waals surface area contributed by atoms with Gasteiger partial charge in [-0.05, 0) is 43.7 Å². The molecule has 2 fully saturated rings. The van der Waals surface area contributed by atoms with E-state index in [1.54, 1.807) is 0 Å². The molecule has 0 radical (unpaired) electrons. The molecule has 5 nitrogen and oxygen atoms in total. The molecule has 2 saturated heterocycles. The zero-order valence-corrected chi connectivity index (χ0v) is 18.4. The lowest BCUT2D eigenvalue weighted by atomic mass is 9.80. The molecule has 0 amide bonds. The summed E-state index contributed by atoms with van der Waals surface area (Å²) in [6.07, 6.45) is 4.45. The fourth-order valence-corrected chi connectivity index (χ4v) is 4.19. The molecule has 4 rings (SSSR count). The first kappa shape index (κ1) is 20.5. The van der Waals surface area contributed by atoms with E-state index in [9.17, 15) is 0 Å². The number of rotatable bonds is 4. The number of fused-ring (bicyclic) bond motifs is 1. The number of furan rings is 1. The van der Waals surface area contributed by atoms with Crippen LogP contribution in [0, 0.1) is 5.41 Å². The summed E-state index contributed by atoms with van der Waals surface area (Å²) in [4.78, 5) is 7.32. The molecule has 2 aromatic rings. The number of nitrogens with zero attached hydrogens (tertiary/aromatic N) is 2. The third kappa shape index (κ3) is 4.77. The number of benzene rings is 1. The Hall–Kier alpha value is -1.28. The molecule has 3 heterocycles. The first-order chi connectivity index (χ1) is 12.8. The van der Waals surface area contributed by atoms with Crippen LogP contribution in [0.2, 0.25) is 0 Å². The smallest absolute Gasteiger partial charge is 0.193 e. The Morgan fingerprint density at radius 3 is 2.81 bits per heavy atom. The van der Waals surface area contributed by atoms with Crippen molar-refractivity contribution in [2.75, 3.05) is 39.4 Å². The minimum Gasteiger partial charge on any atom is -0.461 e. The Morgan fingerprint density at radius 2 is 2.04 bits per heavy atom.